The van der Waals surface area contributed by atoms with E-state index in [9.17, 15) is 0 Å². The molecular weight excluding hydrogens is 432 g/mol. The van der Waals surface area contributed by atoms with Gasteiger partial charge >= 0.3 is 0 Å². The minimum absolute atomic E-state index is 0.486. The van der Waals surface area contributed by atoms with Crippen molar-refractivity contribution >= 4 is 0 Å². The van der Waals surface area contributed by atoms with Crippen LogP contribution in [0.25, 0.3) is 0 Å². The van der Waals surface area contributed by atoms with Crippen LogP contribution in [0.2, 0.25) is 0 Å². The summed E-state index contributed by atoms with van der Waals surface area (Å²) in [5.74, 6) is 9.18. The molecule has 0 heteroatoms. The van der Waals surface area contributed by atoms with Crippen molar-refractivity contribution in [2.75, 3.05) is 0 Å². The van der Waals surface area contributed by atoms with Crippen molar-refractivity contribution < 1.29 is 0 Å². The highest BCUT2D eigenvalue weighted by Gasteiger charge is 2.62. The van der Waals surface area contributed by atoms with Gasteiger partial charge in [0.05, 0.1) is 0 Å². The molecule has 36 heavy (non-hydrogen) atoms. The summed E-state index contributed by atoms with van der Waals surface area (Å²) in [5, 5.41) is 0. The second kappa shape index (κ2) is 10.4. The molecule has 0 radical (unpaired) electrons. The molecule has 0 nitrogen and oxygen atoms in total. The van der Waals surface area contributed by atoms with E-state index in [0.29, 0.717) is 16.2 Å². The third-order valence-corrected chi connectivity index (χ3v) is 13.4. The van der Waals surface area contributed by atoms with Gasteiger partial charge in [-0.25, -0.2) is 0 Å². The van der Waals surface area contributed by atoms with Gasteiger partial charge in [-0.05, 0) is 147 Å². The Morgan fingerprint density at radius 3 is 1.72 bits per heavy atom. The first kappa shape index (κ1) is 27.3. The van der Waals surface area contributed by atoms with Gasteiger partial charge in [-0.2, -0.15) is 0 Å². The SMILES string of the molecule is C=CCCC1CCC(C2(C3C4CC(C(C)(C)C)CCC4C4CCC(C(C)(C)C)CC43)CCCCC2)C1. The highest BCUT2D eigenvalue weighted by molar-refractivity contribution is 5.11. The van der Waals surface area contributed by atoms with Crippen molar-refractivity contribution in [1.82, 2.24) is 0 Å². The van der Waals surface area contributed by atoms with Gasteiger partial charge in [0.1, 0.15) is 0 Å². The summed E-state index contributed by atoms with van der Waals surface area (Å²) < 4.78 is 0. The van der Waals surface area contributed by atoms with Crippen molar-refractivity contribution in [3.63, 3.8) is 0 Å². The van der Waals surface area contributed by atoms with Gasteiger partial charge in [0.25, 0.3) is 0 Å². The molecule has 0 N–H and O–H groups in total. The molecule has 0 heterocycles. The molecule has 0 bridgehead atoms. The molecule has 8 atom stereocenters. The minimum Gasteiger partial charge on any atom is -0.103 e. The zero-order valence-corrected chi connectivity index (χ0v) is 25.3. The quantitative estimate of drug-likeness (QED) is 0.333. The van der Waals surface area contributed by atoms with E-state index in [-0.39, 0.29) is 0 Å². The third-order valence-electron chi connectivity index (χ3n) is 13.4. The maximum absolute atomic E-state index is 4.05. The predicted molar refractivity (Wildman–Crippen MR) is 157 cm³/mol. The molecule has 5 saturated carbocycles. The summed E-state index contributed by atoms with van der Waals surface area (Å²) >= 11 is 0. The molecule has 0 spiro atoms. The molecule has 5 aliphatic rings. The van der Waals surface area contributed by atoms with Gasteiger partial charge in [0.2, 0.25) is 0 Å². The van der Waals surface area contributed by atoms with Crippen LogP contribution in [0.1, 0.15) is 144 Å². The maximum Gasteiger partial charge on any atom is -0.0235 e. The molecule has 0 aromatic rings. The molecule has 0 aromatic heterocycles. The lowest BCUT2D eigenvalue weighted by molar-refractivity contribution is -0.0503. The zero-order valence-electron chi connectivity index (χ0n) is 25.3. The van der Waals surface area contributed by atoms with Crippen LogP contribution in [-0.2, 0) is 0 Å². The lowest BCUT2D eigenvalue weighted by atomic mass is 9.51. The van der Waals surface area contributed by atoms with Crippen LogP contribution in [0, 0.1) is 69.5 Å². The van der Waals surface area contributed by atoms with Gasteiger partial charge < -0.3 is 0 Å². The molecule has 5 aliphatic carbocycles. The Hall–Kier alpha value is -0.260. The second-order valence-electron chi connectivity index (χ2n) is 17.0. The molecule has 0 aromatic carbocycles. The monoisotopic (exact) mass is 494 g/mol. The molecule has 0 aliphatic heterocycles. The number of hydrogen-bond donors (Lipinski definition) is 0. The van der Waals surface area contributed by atoms with E-state index < -0.39 is 0 Å². The van der Waals surface area contributed by atoms with E-state index in [0.717, 1.165) is 53.3 Å². The summed E-state index contributed by atoms with van der Waals surface area (Å²) in [6.45, 7) is 19.4. The fraction of sp³-hybridized carbons (Fsp3) is 0.944. The lowest BCUT2D eigenvalue weighted by Crippen LogP contribution is -2.46. The van der Waals surface area contributed by atoms with Gasteiger partial charge in [-0.3, -0.25) is 0 Å². The van der Waals surface area contributed by atoms with Gasteiger partial charge in [0, 0.05) is 0 Å². The fourth-order valence-electron chi connectivity index (χ4n) is 11.5. The Labute approximate surface area is 226 Å². The average molecular weight is 495 g/mol. The number of fused-ring (bicyclic) bond motifs is 3. The molecule has 5 rings (SSSR count). The smallest absolute Gasteiger partial charge is 0.0235 e. The third kappa shape index (κ3) is 5.04. The fourth-order valence-corrected chi connectivity index (χ4v) is 11.5. The van der Waals surface area contributed by atoms with Crippen molar-refractivity contribution in [2.24, 2.45) is 69.5 Å². The molecule has 0 saturated heterocycles. The Kier molecular flexibility index (Phi) is 7.87. The minimum atomic E-state index is 0.486. The summed E-state index contributed by atoms with van der Waals surface area (Å²) in [6.07, 6.45) is 26.5. The van der Waals surface area contributed by atoms with Crippen LogP contribution in [0.5, 0.6) is 0 Å². The van der Waals surface area contributed by atoms with E-state index in [4.69, 9.17) is 0 Å². The molecule has 0 amide bonds. The van der Waals surface area contributed by atoms with E-state index >= 15 is 0 Å². The summed E-state index contributed by atoms with van der Waals surface area (Å²) in [6, 6.07) is 0. The number of rotatable bonds is 5. The van der Waals surface area contributed by atoms with Crippen molar-refractivity contribution in [3.8, 4) is 0 Å². The van der Waals surface area contributed by atoms with Gasteiger partial charge in [-0.1, -0.05) is 73.3 Å². The molecule has 206 valence electrons. The van der Waals surface area contributed by atoms with Gasteiger partial charge in [0.15, 0.2) is 0 Å². The van der Waals surface area contributed by atoms with E-state index in [1.54, 1.807) is 51.4 Å². The summed E-state index contributed by atoms with van der Waals surface area (Å²) in [4.78, 5) is 0. The summed E-state index contributed by atoms with van der Waals surface area (Å²) in [5.41, 5.74) is 1.66. The first-order valence-electron chi connectivity index (χ1n) is 16.7. The highest BCUT2D eigenvalue weighted by atomic mass is 14.7. The Bertz CT molecular complexity index is 701. The Morgan fingerprint density at radius 2 is 1.22 bits per heavy atom. The predicted octanol–water partition coefficient (Wildman–Crippen LogP) is 11.1. The van der Waals surface area contributed by atoms with Crippen molar-refractivity contribution in [2.45, 2.75) is 144 Å². The molecular formula is C36H62. The first-order chi connectivity index (χ1) is 17.0. The average Bonchev–Trinajstić information content (AvgIpc) is 3.44. The number of hydrogen-bond acceptors (Lipinski definition) is 0. The van der Waals surface area contributed by atoms with Crippen LogP contribution in [-0.4, -0.2) is 0 Å². The topological polar surface area (TPSA) is 0 Å². The standard InChI is InChI=1S/C36H62/c1-8-9-13-25-14-15-28(22-25)36(20-11-10-12-21-36)33-31-23-26(34(2,3)4)16-18-29(31)30-19-17-27(24-32(30)33)35(5,6)7/h8,25-33H,1,9-24H2,2-7H3. The maximum atomic E-state index is 4.05. The van der Waals surface area contributed by atoms with Crippen LogP contribution in [0.15, 0.2) is 12.7 Å². The zero-order chi connectivity index (χ0) is 25.7. The van der Waals surface area contributed by atoms with E-state index in [2.05, 4.69) is 54.2 Å². The lowest BCUT2D eigenvalue weighted by Gasteiger charge is -2.54. The normalized spacial score (nSPS) is 43.1. The Balaban J connectivity index is 1.50. The van der Waals surface area contributed by atoms with Crippen LogP contribution in [0.3, 0.4) is 0 Å². The second-order valence-corrected chi connectivity index (χ2v) is 17.0. The molecule has 8 unspecified atom stereocenters. The van der Waals surface area contributed by atoms with Crippen LogP contribution >= 0.6 is 0 Å². The van der Waals surface area contributed by atoms with Crippen molar-refractivity contribution in [3.05, 3.63) is 12.7 Å². The number of allylic oxidation sites excluding steroid dienone is 1. The van der Waals surface area contributed by atoms with E-state index in [1.165, 1.54) is 51.4 Å². The largest absolute Gasteiger partial charge is 0.103 e. The first-order valence-corrected chi connectivity index (χ1v) is 16.7. The van der Waals surface area contributed by atoms with Gasteiger partial charge in [-0.15, -0.1) is 6.58 Å². The summed E-state index contributed by atoms with van der Waals surface area (Å²) in [7, 11) is 0. The van der Waals surface area contributed by atoms with Crippen LogP contribution < -0.4 is 0 Å². The van der Waals surface area contributed by atoms with E-state index in [1.807, 2.05) is 0 Å². The highest BCUT2D eigenvalue weighted by Crippen LogP contribution is 2.70. The molecule has 5 fully saturated rings. The van der Waals surface area contributed by atoms with Crippen molar-refractivity contribution in [1.29, 1.82) is 0 Å². The Morgan fingerprint density at radius 1 is 0.667 bits per heavy atom. The van der Waals surface area contributed by atoms with Crippen LogP contribution in [0.4, 0.5) is 0 Å².